The third-order valence-electron chi connectivity index (χ3n) is 2.39. The summed E-state index contributed by atoms with van der Waals surface area (Å²) in [5.74, 6) is -0.691. The van der Waals surface area contributed by atoms with Gasteiger partial charge in [0.15, 0.2) is 5.06 Å². The highest BCUT2D eigenvalue weighted by Crippen LogP contribution is 2.33. The van der Waals surface area contributed by atoms with E-state index in [1.54, 1.807) is 13.0 Å². The van der Waals surface area contributed by atoms with E-state index in [4.69, 9.17) is 9.84 Å². The minimum Gasteiger partial charge on any atom is -0.477 e. The fraction of sp³-hybridized carbons (Fsp3) is 0.0833. The molecule has 0 aliphatic carbocycles. The van der Waals surface area contributed by atoms with E-state index in [1.807, 2.05) is 0 Å². The van der Waals surface area contributed by atoms with Crippen LogP contribution in [0, 0.1) is 17.0 Å². The molecule has 0 fully saturated rings. The van der Waals surface area contributed by atoms with E-state index >= 15 is 0 Å². The molecule has 2 rings (SSSR count). The lowest BCUT2D eigenvalue weighted by molar-refractivity contribution is -0.384. The Hall–Kier alpha value is -2.41. The van der Waals surface area contributed by atoms with E-state index in [0.717, 1.165) is 16.9 Å². The van der Waals surface area contributed by atoms with Gasteiger partial charge in [0.25, 0.3) is 5.69 Å². The maximum atomic E-state index is 10.7. The zero-order valence-corrected chi connectivity index (χ0v) is 10.6. The number of aromatic carboxylic acids is 1. The molecule has 6 nitrogen and oxygen atoms in total. The van der Waals surface area contributed by atoms with Gasteiger partial charge in [-0.1, -0.05) is 11.3 Å². The van der Waals surface area contributed by atoms with Crippen LogP contribution in [0.2, 0.25) is 0 Å². The zero-order valence-electron chi connectivity index (χ0n) is 9.82. The Morgan fingerprint density at radius 3 is 2.68 bits per heavy atom. The van der Waals surface area contributed by atoms with E-state index in [1.165, 1.54) is 24.3 Å². The van der Waals surface area contributed by atoms with E-state index < -0.39 is 10.9 Å². The van der Waals surface area contributed by atoms with Crippen molar-refractivity contribution < 1.29 is 19.6 Å². The minimum atomic E-state index is -1.03. The van der Waals surface area contributed by atoms with Crippen molar-refractivity contribution in [3.8, 4) is 10.8 Å². The molecule has 98 valence electrons. The lowest BCUT2D eigenvalue weighted by atomic mass is 10.2. The molecule has 1 N–H and O–H groups in total. The van der Waals surface area contributed by atoms with Crippen LogP contribution in [0.1, 0.15) is 15.2 Å². The number of hydrogen-bond donors (Lipinski definition) is 1. The molecular formula is C12H9NO5S. The number of ether oxygens (including phenoxy) is 1. The van der Waals surface area contributed by atoms with Crippen molar-refractivity contribution in [2.75, 3.05) is 0 Å². The Morgan fingerprint density at radius 2 is 2.11 bits per heavy atom. The lowest BCUT2D eigenvalue weighted by Crippen LogP contribution is -1.91. The number of rotatable bonds is 4. The van der Waals surface area contributed by atoms with Crippen LogP contribution in [0.25, 0.3) is 0 Å². The molecule has 0 amide bonds. The molecule has 0 saturated carbocycles. The number of nitro benzene ring substituents is 1. The molecule has 0 unspecified atom stereocenters. The summed E-state index contributed by atoms with van der Waals surface area (Å²) in [6.45, 7) is 1.75. The van der Waals surface area contributed by atoms with Gasteiger partial charge in [-0.05, 0) is 30.7 Å². The van der Waals surface area contributed by atoms with Gasteiger partial charge in [0.05, 0.1) is 11.0 Å². The maximum absolute atomic E-state index is 10.7. The number of thiophene rings is 1. The highest BCUT2D eigenvalue weighted by atomic mass is 32.1. The van der Waals surface area contributed by atoms with Crippen molar-refractivity contribution in [3.63, 3.8) is 0 Å². The van der Waals surface area contributed by atoms with Gasteiger partial charge in [0.1, 0.15) is 10.6 Å². The van der Waals surface area contributed by atoms with Crippen molar-refractivity contribution >= 4 is 23.0 Å². The molecule has 0 bridgehead atoms. The molecule has 0 atom stereocenters. The van der Waals surface area contributed by atoms with Crippen molar-refractivity contribution in [3.05, 3.63) is 50.9 Å². The second-order valence-corrected chi connectivity index (χ2v) is 4.78. The third kappa shape index (κ3) is 2.89. The number of carboxylic acid groups (broad SMARTS) is 1. The molecule has 19 heavy (non-hydrogen) atoms. The number of carboxylic acids is 1. The number of nitrogens with zero attached hydrogens (tertiary/aromatic N) is 1. The lowest BCUT2D eigenvalue weighted by Gasteiger charge is -2.05. The highest BCUT2D eigenvalue weighted by Gasteiger charge is 2.13. The molecule has 0 aliphatic heterocycles. The monoisotopic (exact) mass is 279 g/mol. The van der Waals surface area contributed by atoms with Gasteiger partial charge in [-0.2, -0.15) is 0 Å². The van der Waals surface area contributed by atoms with Crippen LogP contribution in [0.4, 0.5) is 5.69 Å². The second kappa shape index (κ2) is 5.07. The summed E-state index contributed by atoms with van der Waals surface area (Å²) in [6, 6.07) is 7.23. The van der Waals surface area contributed by atoms with Crippen LogP contribution in [0.15, 0.2) is 30.3 Å². The molecule has 1 aromatic carbocycles. The zero-order chi connectivity index (χ0) is 14.0. The van der Waals surface area contributed by atoms with Crippen LogP contribution < -0.4 is 4.74 Å². The fourth-order valence-electron chi connectivity index (χ4n) is 1.41. The summed E-state index contributed by atoms with van der Waals surface area (Å²) in [4.78, 5) is 21.1. The van der Waals surface area contributed by atoms with Crippen LogP contribution >= 0.6 is 11.3 Å². The maximum Gasteiger partial charge on any atom is 0.345 e. The predicted octanol–water partition coefficient (Wildman–Crippen LogP) is 3.46. The second-order valence-electron chi connectivity index (χ2n) is 3.73. The fourth-order valence-corrected chi connectivity index (χ4v) is 2.12. The standard InChI is InChI=1S/C12H9NO5S/c1-7-2-3-8(13(16)17)6-9(7)18-11-5-4-10(19-11)12(14)15/h2-6H,1H3,(H,14,15). The first kappa shape index (κ1) is 13.0. The average molecular weight is 279 g/mol. The Kier molecular flexibility index (Phi) is 3.48. The first-order valence-corrected chi connectivity index (χ1v) is 6.05. The molecule has 0 aliphatic rings. The first-order chi connectivity index (χ1) is 8.97. The number of non-ortho nitro benzene ring substituents is 1. The van der Waals surface area contributed by atoms with E-state index in [-0.39, 0.29) is 10.6 Å². The van der Waals surface area contributed by atoms with Crippen LogP contribution in [-0.2, 0) is 0 Å². The van der Waals surface area contributed by atoms with Crippen molar-refractivity contribution in [2.24, 2.45) is 0 Å². The van der Waals surface area contributed by atoms with Gasteiger partial charge in [0, 0.05) is 6.07 Å². The third-order valence-corrected chi connectivity index (χ3v) is 3.34. The number of hydrogen-bond acceptors (Lipinski definition) is 5. The quantitative estimate of drug-likeness (QED) is 0.683. The Balaban J connectivity index is 2.29. The normalized spacial score (nSPS) is 10.2. The molecular weight excluding hydrogens is 270 g/mol. The van der Waals surface area contributed by atoms with Crippen LogP contribution in [0.3, 0.4) is 0 Å². The summed E-state index contributed by atoms with van der Waals surface area (Å²) in [5.41, 5.74) is 0.659. The number of carbonyl (C=O) groups is 1. The topological polar surface area (TPSA) is 89.7 Å². The Morgan fingerprint density at radius 1 is 1.37 bits per heavy atom. The van der Waals surface area contributed by atoms with Gasteiger partial charge in [-0.3, -0.25) is 10.1 Å². The summed E-state index contributed by atoms with van der Waals surface area (Å²) in [7, 11) is 0. The van der Waals surface area contributed by atoms with E-state index in [9.17, 15) is 14.9 Å². The largest absolute Gasteiger partial charge is 0.477 e. The number of nitro groups is 1. The number of benzene rings is 1. The number of aryl methyl sites for hydroxylation is 1. The van der Waals surface area contributed by atoms with Gasteiger partial charge >= 0.3 is 5.97 Å². The van der Waals surface area contributed by atoms with Crippen molar-refractivity contribution in [1.29, 1.82) is 0 Å². The molecule has 2 aromatic rings. The predicted molar refractivity (Wildman–Crippen MR) is 69.2 cm³/mol. The molecule has 0 radical (unpaired) electrons. The van der Waals surface area contributed by atoms with E-state index in [0.29, 0.717) is 10.8 Å². The molecule has 0 saturated heterocycles. The van der Waals surface area contributed by atoms with Gasteiger partial charge < -0.3 is 9.84 Å². The Bertz CT molecular complexity index is 649. The molecule has 1 heterocycles. The summed E-state index contributed by atoms with van der Waals surface area (Å²) in [5, 5.41) is 19.9. The molecule has 0 spiro atoms. The van der Waals surface area contributed by atoms with Gasteiger partial charge in [-0.25, -0.2) is 4.79 Å². The van der Waals surface area contributed by atoms with Crippen molar-refractivity contribution in [2.45, 2.75) is 6.92 Å². The van der Waals surface area contributed by atoms with Crippen LogP contribution in [0.5, 0.6) is 10.8 Å². The first-order valence-electron chi connectivity index (χ1n) is 5.23. The molecule has 1 aromatic heterocycles. The summed E-state index contributed by atoms with van der Waals surface area (Å²) < 4.78 is 5.48. The van der Waals surface area contributed by atoms with Crippen LogP contribution in [-0.4, -0.2) is 16.0 Å². The van der Waals surface area contributed by atoms with Gasteiger partial charge in [-0.15, -0.1) is 0 Å². The summed E-state index contributed by atoms with van der Waals surface area (Å²) in [6.07, 6.45) is 0. The smallest absolute Gasteiger partial charge is 0.345 e. The van der Waals surface area contributed by atoms with E-state index in [2.05, 4.69) is 0 Å². The Labute approximate surface area is 112 Å². The van der Waals surface area contributed by atoms with Crippen molar-refractivity contribution in [1.82, 2.24) is 0 Å². The average Bonchev–Trinajstić information content (AvgIpc) is 2.80. The highest BCUT2D eigenvalue weighted by molar-refractivity contribution is 7.15. The summed E-state index contributed by atoms with van der Waals surface area (Å²) >= 11 is 0.967. The minimum absolute atomic E-state index is 0.0735. The SMILES string of the molecule is Cc1ccc([N+](=O)[O-])cc1Oc1ccc(C(=O)O)s1. The molecule has 7 heteroatoms. The van der Waals surface area contributed by atoms with Gasteiger partial charge in [0.2, 0.25) is 0 Å².